The maximum absolute atomic E-state index is 13.2. The van der Waals surface area contributed by atoms with Crippen LogP contribution in [-0.2, 0) is 21.3 Å². The highest BCUT2D eigenvalue weighted by atomic mass is 32.2. The summed E-state index contributed by atoms with van der Waals surface area (Å²) in [5.41, 5.74) is 0.502. The van der Waals surface area contributed by atoms with Gasteiger partial charge in [-0.1, -0.05) is 13.8 Å². The van der Waals surface area contributed by atoms with Crippen LogP contribution in [0.4, 0.5) is 4.39 Å². The molecule has 1 N–H and O–H groups in total. The molecule has 1 atom stereocenters. The first-order chi connectivity index (χ1) is 9.42. The molecule has 0 spiro atoms. The van der Waals surface area contributed by atoms with Crippen molar-refractivity contribution in [1.82, 2.24) is 5.32 Å². The second-order valence-electron chi connectivity index (χ2n) is 4.88. The van der Waals surface area contributed by atoms with Gasteiger partial charge in [-0.2, -0.15) is 0 Å². The maximum atomic E-state index is 13.2. The molecular formula is C14H20FNO3S. The average Bonchev–Trinajstić information content (AvgIpc) is 2.36. The molecule has 0 unspecified atom stereocenters. The number of nitrogens with one attached hydrogen (secondary N) is 1. The minimum absolute atomic E-state index is 0.0909. The predicted molar refractivity (Wildman–Crippen MR) is 77.5 cm³/mol. The second-order valence-corrected chi connectivity index (χ2v) is 6.34. The lowest BCUT2D eigenvalue weighted by Gasteiger charge is -2.09. The first kappa shape index (κ1) is 16.6. The summed E-state index contributed by atoms with van der Waals surface area (Å²) < 4.78 is 30.2. The summed E-state index contributed by atoms with van der Waals surface area (Å²) in [5.74, 6) is 0.148. The second kappa shape index (κ2) is 7.99. The zero-order chi connectivity index (χ0) is 15.1. The van der Waals surface area contributed by atoms with Gasteiger partial charge in [-0.25, -0.2) is 4.39 Å². The number of carbonyl (C=O) groups is 1. The normalized spacial score (nSPS) is 12.2. The number of carbonyl (C=O) groups excluding carboxylic acids is 1. The Morgan fingerprint density at radius 1 is 1.45 bits per heavy atom. The van der Waals surface area contributed by atoms with E-state index in [0.717, 1.165) is 0 Å². The third-order valence-corrected chi connectivity index (χ3v) is 3.78. The molecule has 4 nitrogen and oxygen atoms in total. The molecule has 20 heavy (non-hydrogen) atoms. The number of halogens is 1. The monoisotopic (exact) mass is 301 g/mol. The first-order valence-electron chi connectivity index (χ1n) is 6.36. The van der Waals surface area contributed by atoms with Gasteiger partial charge in [0.2, 0.25) is 5.91 Å². The quantitative estimate of drug-likeness (QED) is 0.836. The Morgan fingerprint density at radius 3 is 2.75 bits per heavy atom. The molecule has 1 rings (SSSR count). The fraction of sp³-hybridized carbons (Fsp3) is 0.500. The van der Waals surface area contributed by atoms with Gasteiger partial charge in [-0.05, 0) is 24.1 Å². The van der Waals surface area contributed by atoms with Crippen LogP contribution < -0.4 is 10.1 Å². The molecule has 0 radical (unpaired) electrons. The Balaban J connectivity index is 2.58. The summed E-state index contributed by atoms with van der Waals surface area (Å²) in [6.45, 7) is 4.52. The van der Waals surface area contributed by atoms with E-state index in [1.807, 2.05) is 13.8 Å². The molecule has 0 aliphatic carbocycles. The van der Waals surface area contributed by atoms with Gasteiger partial charge >= 0.3 is 0 Å². The van der Waals surface area contributed by atoms with Crippen LogP contribution in [0.2, 0.25) is 0 Å². The summed E-state index contributed by atoms with van der Waals surface area (Å²) in [6.07, 6.45) is 0. The van der Waals surface area contributed by atoms with Gasteiger partial charge in [0.15, 0.2) is 0 Å². The smallest absolute Gasteiger partial charge is 0.232 e. The van der Waals surface area contributed by atoms with Crippen LogP contribution in [0, 0.1) is 11.7 Å². The number of hydrogen-bond donors (Lipinski definition) is 1. The number of ether oxygens (including phenoxy) is 1. The summed E-state index contributed by atoms with van der Waals surface area (Å²) >= 11 is 0. The summed E-state index contributed by atoms with van der Waals surface area (Å²) in [4.78, 5) is 11.6. The fourth-order valence-corrected chi connectivity index (χ4v) is 2.67. The molecule has 0 aliphatic rings. The van der Waals surface area contributed by atoms with Crippen molar-refractivity contribution in [3.8, 4) is 5.75 Å². The number of rotatable bonds is 7. The van der Waals surface area contributed by atoms with Crippen LogP contribution in [0.15, 0.2) is 18.2 Å². The summed E-state index contributed by atoms with van der Waals surface area (Å²) in [5, 5.41) is 2.70. The third-order valence-electron chi connectivity index (χ3n) is 2.56. The van der Waals surface area contributed by atoms with Crippen molar-refractivity contribution >= 4 is 16.7 Å². The zero-order valence-corrected chi connectivity index (χ0v) is 12.8. The molecule has 0 saturated heterocycles. The molecule has 112 valence electrons. The Bertz CT molecular complexity index is 491. The molecule has 0 fully saturated rings. The van der Waals surface area contributed by atoms with E-state index in [4.69, 9.17) is 4.74 Å². The highest BCUT2D eigenvalue weighted by Gasteiger charge is 2.12. The van der Waals surface area contributed by atoms with E-state index in [1.165, 1.54) is 25.3 Å². The van der Waals surface area contributed by atoms with Crippen molar-refractivity contribution in [3.05, 3.63) is 29.6 Å². The molecule has 6 heteroatoms. The molecule has 1 aromatic carbocycles. The van der Waals surface area contributed by atoms with E-state index in [0.29, 0.717) is 23.8 Å². The van der Waals surface area contributed by atoms with Gasteiger partial charge in [0, 0.05) is 22.9 Å². The minimum Gasteiger partial charge on any atom is -0.496 e. The van der Waals surface area contributed by atoms with E-state index in [2.05, 4.69) is 5.32 Å². The SMILES string of the molecule is COc1ccc(F)cc1C[S@](=O)CC(=O)NCC(C)C. The highest BCUT2D eigenvalue weighted by molar-refractivity contribution is 7.84. The molecule has 0 aromatic heterocycles. The molecule has 0 bridgehead atoms. The van der Waals surface area contributed by atoms with Crippen molar-refractivity contribution in [2.24, 2.45) is 5.92 Å². The lowest BCUT2D eigenvalue weighted by molar-refractivity contribution is -0.118. The lowest BCUT2D eigenvalue weighted by Crippen LogP contribution is -2.31. The van der Waals surface area contributed by atoms with Gasteiger partial charge in [0.1, 0.15) is 17.3 Å². The highest BCUT2D eigenvalue weighted by Crippen LogP contribution is 2.20. The number of hydrogen-bond acceptors (Lipinski definition) is 3. The topological polar surface area (TPSA) is 55.4 Å². The van der Waals surface area contributed by atoms with Crippen molar-refractivity contribution in [3.63, 3.8) is 0 Å². The summed E-state index contributed by atoms with van der Waals surface area (Å²) in [6, 6.07) is 4.05. The van der Waals surface area contributed by atoms with Crippen LogP contribution in [0.25, 0.3) is 0 Å². The van der Waals surface area contributed by atoms with Crippen LogP contribution in [0.1, 0.15) is 19.4 Å². The van der Waals surface area contributed by atoms with Gasteiger partial charge in [-0.15, -0.1) is 0 Å². The van der Waals surface area contributed by atoms with Crippen LogP contribution >= 0.6 is 0 Å². The van der Waals surface area contributed by atoms with E-state index in [-0.39, 0.29) is 17.4 Å². The predicted octanol–water partition coefficient (Wildman–Crippen LogP) is 1.86. The zero-order valence-electron chi connectivity index (χ0n) is 11.9. The molecule has 1 aromatic rings. The molecule has 0 saturated carbocycles. The van der Waals surface area contributed by atoms with Crippen LogP contribution in [0.5, 0.6) is 5.75 Å². The van der Waals surface area contributed by atoms with E-state index in [9.17, 15) is 13.4 Å². The molecular weight excluding hydrogens is 281 g/mol. The van der Waals surface area contributed by atoms with E-state index < -0.39 is 16.6 Å². The van der Waals surface area contributed by atoms with Gasteiger partial charge in [-0.3, -0.25) is 9.00 Å². The fourth-order valence-electron chi connectivity index (χ4n) is 1.60. The van der Waals surface area contributed by atoms with Crippen LogP contribution in [0.3, 0.4) is 0 Å². The van der Waals surface area contributed by atoms with E-state index in [1.54, 1.807) is 0 Å². The number of methoxy groups -OCH3 is 1. The Morgan fingerprint density at radius 2 is 2.15 bits per heavy atom. The number of benzene rings is 1. The van der Waals surface area contributed by atoms with Crippen molar-refractivity contribution in [1.29, 1.82) is 0 Å². The van der Waals surface area contributed by atoms with Gasteiger partial charge in [0.05, 0.1) is 12.9 Å². The molecule has 1 amide bonds. The van der Waals surface area contributed by atoms with Crippen molar-refractivity contribution in [2.75, 3.05) is 19.4 Å². The standard InChI is InChI=1S/C14H20FNO3S/c1-10(2)7-16-14(17)9-20(18)8-11-6-12(15)4-5-13(11)19-3/h4-6,10H,7-9H2,1-3H3,(H,16,17)/t20-/m0/s1. The Hall–Kier alpha value is -1.43. The maximum Gasteiger partial charge on any atom is 0.232 e. The van der Waals surface area contributed by atoms with Crippen LogP contribution in [-0.4, -0.2) is 29.5 Å². The Kier molecular flexibility index (Phi) is 6.64. The number of amides is 1. The third kappa shape index (κ3) is 5.69. The largest absolute Gasteiger partial charge is 0.496 e. The molecule has 0 aliphatic heterocycles. The van der Waals surface area contributed by atoms with Crippen molar-refractivity contribution < 1.29 is 18.1 Å². The Labute approximate surface area is 121 Å². The van der Waals surface area contributed by atoms with Crippen molar-refractivity contribution in [2.45, 2.75) is 19.6 Å². The van der Waals surface area contributed by atoms with Gasteiger partial charge in [0.25, 0.3) is 0 Å². The molecule has 0 heterocycles. The first-order valence-corrected chi connectivity index (χ1v) is 7.85. The average molecular weight is 301 g/mol. The van der Waals surface area contributed by atoms with E-state index >= 15 is 0 Å². The lowest BCUT2D eigenvalue weighted by atomic mass is 10.2. The minimum atomic E-state index is -1.39. The van der Waals surface area contributed by atoms with Gasteiger partial charge < -0.3 is 10.1 Å². The summed E-state index contributed by atoms with van der Waals surface area (Å²) in [7, 11) is 0.0726.